The number of aromatic nitrogens is 3. The lowest BCUT2D eigenvalue weighted by Gasteiger charge is -2.23. The minimum absolute atomic E-state index is 0.185. The second kappa shape index (κ2) is 9.43. The first-order chi connectivity index (χ1) is 17.1. The number of benzene rings is 2. The monoisotopic (exact) mass is 472 g/mol. The number of nitrogens with zero attached hydrogens (tertiary/aromatic N) is 3. The molecule has 5 rings (SSSR count). The van der Waals surface area contributed by atoms with Gasteiger partial charge in [0, 0.05) is 30.6 Å². The summed E-state index contributed by atoms with van der Waals surface area (Å²) < 4.78 is 5.38. The number of ether oxygens (including phenoxy) is 1. The molecule has 3 amide bonds. The molecular formula is C25H24N6O4. The molecule has 35 heavy (non-hydrogen) atoms. The van der Waals surface area contributed by atoms with Crippen molar-refractivity contribution in [3.05, 3.63) is 72.1 Å². The number of hydroxylamine groups is 2. The number of fused-ring (bicyclic) bond motifs is 1. The van der Waals surface area contributed by atoms with Crippen LogP contribution < -0.4 is 15.4 Å². The average Bonchev–Trinajstić information content (AvgIpc) is 3.56. The number of anilines is 1. The van der Waals surface area contributed by atoms with Gasteiger partial charge < -0.3 is 15.4 Å². The highest BCUT2D eigenvalue weighted by Gasteiger charge is 2.32. The standard InChI is InChI=1S/C25H24N6O4/c1-26-23(32)22-18-9-8-16(12-19(18)29-30-22)17-13-20(24(34-2)27-14-17)28-25(33)31-21(10-11-35-31)15-6-4-3-5-7-15/h3-9,12-14,21H,10-11H2,1-2H3,(H,26,32)(H,28,33)(H,29,30). The molecule has 1 unspecified atom stereocenters. The van der Waals surface area contributed by atoms with E-state index in [9.17, 15) is 9.59 Å². The molecule has 1 fully saturated rings. The Labute approximate surface area is 201 Å². The van der Waals surface area contributed by atoms with Gasteiger partial charge in [-0.05, 0) is 29.3 Å². The number of carbonyl (C=O) groups excluding carboxylic acids is 2. The number of urea groups is 1. The molecule has 0 radical (unpaired) electrons. The van der Waals surface area contributed by atoms with Crippen molar-refractivity contribution in [1.29, 1.82) is 0 Å². The van der Waals surface area contributed by atoms with Crippen molar-refractivity contribution in [3.8, 4) is 17.0 Å². The Bertz CT molecular complexity index is 1390. The molecule has 0 bridgehead atoms. The van der Waals surface area contributed by atoms with E-state index in [1.165, 1.54) is 12.2 Å². The van der Waals surface area contributed by atoms with Crippen LogP contribution in [0, 0.1) is 0 Å². The van der Waals surface area contributed by atoms with Crippen LogP contribution in [-0.2, 0) is 4.84 Å². The van der Waals surface area contributed by atoms with Gasteiger partial charge in [-0.2, -0.15) is 10.2 Å². The fourth-order valence-corrected chi connectivity index (χ4v) is 4.17. The first-order valence-corrected chi connectivity index (χ1v) is 11.1. The maximum Gasteiger partial charge on any atom is 0.346 e. The summed E-state index contributed by atoms with van der Waals surface area (Å²) in [5.74, 6) is 0.0140. The Morgan fingerprint density at radius 1 is 1.14 bits per heavy atom. The number of carbonyl (C=O) groups is 2. The fraction of sp³-hybridized carbons (Fsp3) is 0.200. The van der Waals surface area contributed by atoms with Crippen molar-refractivity contribution in [2.24, 2.45) is 0 Å². The molecule has 0 spiro atoms. The number of rotatable bonds is 5. The van der Waals surface area contributed by atoms with Crippen molar-refractivity contribution in [3.63, 3.8) is 0 Å². The molecule has 10 heteroatoms. The van der Waals surface area contributed by atoms with Crippen molar-refractivity contribution in [2.45, 2.75) is 12.5 Å². The zero-order valence-corrected chi connectivity index (χ0v) is 19.2. The largest absolute Gasteiger partial charge is 0.480 e. The first-order valence-electron chi connectivity index (χ1n) is 11.1. The van der Waals surface area contributed by atoms with Crippen LogP contribution in [0.2, 0.25) is 0 Å². The minimum atomic E-state index is -0.409. The van der Waals surface area contributed by atoms with E-state index >= 15 is 0 Å². The van der Waals surface area contributed by atoms with E-state index in [1.807, 2.05) is 48.5 Å². The molecule has 1 aliphatic rings. The molecule has 3 heterocycles. The molecule has 10 nitrogen and oxygen atoms in total. The molecule has 3 N–H and O–H groups in total. The molecular weight excluding hydrogens is 448 g/mol. The van der Waals surface area contributed by atoms with Gasteiger partial charge in [-0.3, -0.25) is 14.7 Å². The van der Waals surface area contributed by atoms with Gasteiger partial charge in [0.05, 0.1) is 25.3 Å². The van der Waals surface area contributed by atoms with Crippen molar-refractivity contribution < 1.29 is 19.2 Å². The summed E-state index contributed by atoms with van der Waals surface area (Å²) in [5.41, 5.74) is 4.03. The van der Waals surface area contributed by atoms with Gasteiger partial charge >= 0.3 is 6.03 Å². The van der Waals surface area contributed by atoms with Crippen molar-refractivity contribution in [2.75, 3.05) is 26.1 Å². The summed E-state index contributed by atoms with van der Waals surface area (Å²) in [5, 5.41) is 14.5. The van der Waals surface area contributed by atoms with Crippen LogP contribution >= 0.6 is 0 Å². The summed E-state index contributed by atoms with van der Waals surface area (Å²) in [6.07, 6.45) is 2.36. The molecule has 4 aromatic rings. The Morgan fingerprint density at radius 3 is 2.74 bits per heavy atom. The topological polar surface area (TPSA) is 121 Å². The van der Waals surface area contributed by atoms with Crippen LogP contribution in [0.5, 0.6) is 5.88 Å². The second-order valence-electron chi connectivity index (χ2n) is 8.00. The first kappa shape index (κ1) is 22.4. The third-order valence-electron chi connectivity index (χ3n) is 5.91. The number of methoxy groups -OCH3 is 1. The summed E-state index contributed by atoms with van der Waals surface area (Å²) in [7, 11) is 3.05. The maximum atomic E-state index is 13.1. The smallest absolute Gasteiger partial charge is 0.346 e. The summed E-state index contributed by atoms with van der Waals surface area (Å²) in [4.78, 5) is 35.2. The number of H-pyrrole nitrogens is 1. The molecule has 2 aromatic heterocycles. The SMILES string of the molecule is CNC(=O)c1n[nH]c2cc(-c3cnc(OC)c(NC(=O)N4OCCC4c4ccccc4)c3)ccc12. The van der Waals surface area contributed by atoms with Gasteiger partial charge in [0.25, 0.3) is 5.91 Å². The number of nitrogens with one attached hydrogen (secondary N) is 3. The van der Waals surface area contributed by atoms with Crippen LogP contribution in [0.4, 0.5) is 10.5 Å². The highest BCUT2D eigenvalue weighted by molar-refractivity contribution is 6.05. The molecule has 178 valence electrons. The minimum Gasteiger partial charge on any atom is -0.480 e. The third-order valence-corrected chi connectivity index (χ3v) is 5.91. The average molecular weight is 473 g/mol. The highest BCUT2D eigenvalue weighted by Crippen LogP contribution is 2.33. The molecule has 1 aliphatic heterocycles. The Kier molecular flexibility index (Phi) is 6.02. The maximum absolute atomic E-state index is 13.1. The predicted octanol–water partition coefficient (Wildman–Crippen LogP) is 3.90. The Balaban J connectivity index is 1.42. The van der Waals surface area contributed by atoms with E-state index in [0.29, 0.717) is 35.3 Å². The number of amides is 3. The highest BCUT2D eigenvalue weighted by atomic mass is 16.7. The van der Waals surface area contributed by atoms with Gasteiger partial charge in [-0.15, -0.1) is 0 Å². The molecule has 0 saturated carbocycles. The molecule has 0 aliphatic carbocycles. The van der Waals surface area contributed by atoms with Gasteiger partial charge in [0.2, 0.25) is 5.88 Å². The van der Waals surface area contributed by atoms with Crippen LogP contribution in [0.15, 0.2) is 60.8 Å². The van der Waals surface area contributed by atoms with Gasteiger partial charge in [0.1, 0.15) is 5.69 Å². The summed E-state index contributed by atoms with van der Waals surface area (Å²) in [6.45, 7) is 0.449. The molecule has 1 saturated heterocycles. The quantitative estimate of drug-likeness (QED) is 0.405. The van der Waals surface area contributed by atoms with E-state index in [0.717, 1.165) is 16.7 Å². The van der Waals surface area contributed by atoms with E-state index in [2.05, 4.69) is 25.8 Å². The van der Waals surface area contributed by atoms with Gasteiger partial charge in [0.15, 0.2) is 5.69 Å². The van der Waals surface area contributed by atoms with Crippen LogP contribution in [0.3, 0.4) is 0 Å². The Hall–Kier alpha value is -4.44. The van der Waals surface area contributed by atoms with Crippen LogP contribution in [-0.4, -0.2) is 52.9 Å². The fourth-order valence-electron chi connectivity index (χ4n) is 4.17. The van der Waals surface area contributed by atoms with Gasteiger partial charge in [-0.1, -0.05) is 36.4 Å². The van der Waals surface area contributed by atoms with E-state index in [1.54, 1.807) is 19.3 Å². The van der Waals surface area contributed by atoms with Crippen LogP contribution in [0.1, 0.15) is 28.5 Å². The summed E-state index contributed by atoms with van der Waals surface area (Å²) >= 11 is 0. The lowest BCUT2D eigenvalue weighted by Crippen LogP contribution is -2.33. The van der Waals surface area contributed by atoms with E-state index in [4.69, 9.17) is 9.57 Å². The van der Waals surface area contributed by atoms with E-state index in [-0.39, 0.29) is 17.8 Å². The lowest BCUT2D eigenvalue weighted by atomic mass is 10.0. The van der Waals surface area contributed by atoms with Crippen LogP contribution in [0.25, 0.3) is 22.0 Å². The predicted molar refractivity (Wildman–Crippen MR) is 130 cm³/mol. The number of hydrogen-bond acceptors (Lipinski definition) is 6. The Morgan fingerprint density at radius 2 is 1.97 bits per heavy atom. The van der Waals surface area contributed by atoms with E-state index < -0.39 is 6.03 Å². The summed E-state index contributed by atoms with van der Waals surface area (Å²) in [6, 6.07) is 16.5. The number of pyridine rings is 1. The van der Waals surface area contributed by atoms with Crippen molar-refractivity contribution in [1.82, 2.24) is 25.6 Å². The van der Waals surface area contributed by atoms with Gasteiger partial charge in [-0.25, -0.2) is 9.78 Å². The molecule has 2 aromatic carbocycles. The lowest BCUT2D eigenvalue weighted by molar-refractivity contribution is -0.0830. The zero-order chi connectivity index (χ0) is 24.4. The third kappa shape index (κ3) is 4.26. The number of aromatic amines is 1. The number of hydrogen-bond donors (Lipinski definition) is 3. The second-order valence-corrected chi connectivity index (χ2v) is 8.00. The normalized spacial score (nSPS) is 15.3. The van der Waals surface area contributed by atoms with Crippen molar-refractivity contribution >= 4 is 28.5 Å². The zero-order valence-electron chi connectivity index (χ0n) is 19.2. The molecule has 1 atom stereocenters.